The second-order valence-electron chi connectivity index (χ2n) is 8.22. The Hall–Kier alpha value is -2.89. The number of aromatic nitrogens is 1. The smallest absolute Gasteiger partial charge is 0.434 e. The second kappa shape index (κ2) is 10.5. The Morgan fingerprint density at radius 1 is 1.24 bits per heavy atom. The summed E-state index contributed by atoms with van der Waals surface area (Å²) in [5, 5.41) is 0.348. The fraction of sp³-hybridized carbons (Fsp3) is 0.240. The number of esters is 1. The summed E-state index contributed by atoms with van der Waals surface area (Å²) in [5.74, 6) is -1.20. The third-order valence-electron chi connectivity index (χ3n) is 5.53. The molecule has 1 aromatic heterocycles. The average molecular weight is 615 g/mol. The fourth-order valence-electron chi connectivity index (χ4n) is 3.93. The van der Waals surface area contributed by atoms with Gasteiger partial charge in [-0.05, 0) is 64.3 Å². The minimum absolute atomic E-state index is 0.150. The first kappa shape index (κ1) is 27.2. The number of alkyl halides is 3. The molecule has 6 nitrogen and oxygen atoms in total. The molecule has 3 aromatic rings. The van der Waals surface area contributed by atoms with Crippen LogP contribution in [0.25, 0.3) is 6.08 Å². The van der Waals surface area contributed by atoms with Crippen molar-refractivity contribution in [1.29, 1.82) is 0 Å². The molecule has 2 aromatic carbocycles. The van der Waals surface area contributed by atoms with Crippen molar-refractivity contribution < 1.29 is 22.7 Å². The SMILES string of the molecule is CCOC(=O)C1=C(C(F)(F)F)N=c2s/c(=C\c3ccc(N(C)C)c(Br)c3)c(=O)n2[C@H]1c1ccc(Cl)cc1. The normalized spacial score (nSPS) is 15.9. The van der Waals surface area contributed by atoms with Crippen LogP contribution in [0.5, 0.6) is 0 Å². The van der Waals surface area contributed by atoms with Gasteiger partial charge in [0.25, 0.3) is 5.56 Å². The number of hydrogen-bond donors (Lipinski definition) is 0. The van der Waals surface area contributed by atoms with Gasteiger partial charge >= 0.3 is 12.1 Å². The molecular formula is C25H20BrClF3N3O3S. The Labute approximate surface area is 227 Å². The summed E-state index contributed by atoms with van der Waals surface area (Å²) in [7, 11) is 3.77. The molecule has 1 atom stereocenters. The first-order chi connectivity index (χ1) is 17.4. The van der Waals surface area contributed by atoms with E-state index < -0.39 is 35.0 Å². The van der Waals surface area contributed by atoms with E-state index in [1.54, 1.807) is 18.2 Å². The number of rotatable bonds is 5. The van der Waals surface area contributed by atoms with Crippen LogP contribution >= 0.6 is 38.9 Å². The van der Waals surface area contributed by atoms with E-state index in [2.05, 4.69) is 20.9 Å². The third kappa shape index (κ3) is 5.39. The number of benzene rings is 2. The first-order valence-electron chi connectivity index (χ1n) is 10.9. The Balaban J connectivity index is 2.00. The number of ether oxygens (including phenoxy) is 1. The molecule has 2 heterocycles. The lowest BCUT2D eigenvalue weighted by Crippen LogP contribution is -2.41. The summed E-state index contributed by atoms with van der Waals surface area (Å²) in [6, 6.07) is 9.94. The van der Waals surface area contributed by atoms with Crippen molar-refractivity contribution in [2.75, 3.05) is 25.6 Å². The van der Waals surface area contributed by atoms with Gasteiger partial charge in [0.15, 0.2) is 10.5 Å². The van der Waals surface area contributed by atoms with Crippen molar-refractivity contribution in [2.45, 2.75) is 19.1 Å². The quantitative estimate of drug-likeness (QED) is 0.387. The molecule has 0 saturated carbocycles. The molecule has 0 radical (unpaired) electrons. The topological polar surface area (TPSA) is 63.9 Å². The van der Waals surface area contributed by atoms with Crippen LogP contribution in [-0.2, 0) is 9.53 Å². The highest BCUT2D eigenvalue weighted by molar-refractivity contribution is 9.10. The Bertz CT molecular complexity index is 1580. The number of thiazole rings is 1. The van der Waals surface area contributed by atoms with E-state index in [0.717, 1.165) is 26.1 Å². The maximum Gasteiger partial charge on any atom is 0.434 e. The lowest BCUT2D eigenvalue weighted by molar-refractivity contribution is -0.140. The Kier molecular flexibility index (Phi) is 7.68. The molecule has 12 heteroatoms. The zero-order chi connectivity index (χ0) is 27.1. The number of anilines is 1. The number of nitrogens with zero attached hydrogens (tertiary/aromatic N) is 3. The summed E-state index contributed by atoms with van der Waals surface area (Å²) in [4.78, 5) is 31.9. The zero-order valence-corrected chi connectivity index (χ0v) is 22.9. The van der Waals surface area contributed by atoms with Gasteiger partial charge < -0.3 is 9.64 Å². The molecule has 0 aliphatic carbocycles. The van der Waals surface area contributed by atoms with Crippen molar-refractivity contribution in [2.24, 2.45) is 4.99 Å². The molecule has 37 heavy (non-hydrogen) atoms. The monoisotopic (exact) mass is 613 g/mol. The van der Waals surface area contributed by atoms with E-state index >= 15 is 0 Å². The molecule has 0 spiro atoms. The van der Waals surface area contributed by atoms with Crippen LogP contribution in [0.2, 0.25) is 5.02 Å². The largest absolute Gasteiger partial charge is 0.463 e. The highest BCUT2D eigenvalue weighted by atomic mass is 79.9. The minimum atomic E-state index is -4.96. The predicted octanol–water partition coefficient (Wildman–Crippen LogP) is 4.82. The van der Waals surface area contributed by atoms with Crippen molar-refractivity contribution in [3.8, 4) is 0 Å². The Morgan fingerprint density at radius 3 is 2.49 bits per heavy atom. The number of halogens is 5. The van der Waals surface area contributed by atoms with E-state index in [1.165, 1.54) is 31.2 Å². The molecule has 0 unspecified atom stereocenters. The number of fused-ring (bicyclic) bond motifs is 1. The number of hydrogen-bond acceptors (Lipinski definition) is 6. The zero-order valence-electron chi connectivity index (χ0n) is 19.8. The number of allylic oxidation sites excluding steroid dienone is 1. The van der Waals surface area contributed by atoms with E-state index in [0.29, 0.717) is 10.6 Å². The molecule has 1 aliphatic heterocycles. The van der Waals surface area contributed by atoms with Gasteiger partial charge in [-0.1, -0.05) is 41.1 Å². The van der Waals surface area contributed by atoms with Crippen LogP contribution in [-0.4, -0.2) is 37.4 Å². The van der Waals surface area contributed by atoms with Gasteiger partial charge in [0.1, 0.15) is 0 Å². The van der Waals surface area contributed by atoms with Gasteiger partial charge in [0.2, 0.25) is 0 Å². The lowest BCUT2D eigenvalue weighted by atomic mass is 9.95. The Morgan fingerprint density at radius 2 is 1.92 bits per heavy atom. The van der Waals surface area contributed by atoms with Gasteiger partial charge in [-0.2, -0.15) is 13.2 Å². The first-order valence-corrected chi connectivity index (χ1v) is 12.9. The number of carbonyl (C=O) groups is 1. The van der Waals surface area contributed by atoms with E-state index in [4.69, 9.17) is 16.3 Å². The van der Waals surface area contributed by atoms with Crippen molar-refractivity contribution in [3.63, 3.8) is 0 Å². The second-order valence-corrected chi connectivity index (χ2v) is 10.5. The standard InChI is InChI=1S/C25H20BrClF3N3O3S/c1-4-36-23(35)19-20(14-6-8-15(27)9-7-14)33-22(34)18(37-24(33)31-21(19)25(28,29)30)12-13-5-10-17(32(2)3)16(26)11-13/h5-12,20H,4H2,1-3H3/b18-12-/t20-/m0/s1. The molecule has 1 aliphatic rings. The maximum absolute atomic E-state index is 14.2. The van der Waals surface area contributed by atoms with Crippen LogP contribution in [0, 0.1) is 0 Å². The van der Waals surface area contributed by atoms with Crippen LogP contribution in [0.15, 0.2) is 68.0 Å². The molecule has 4 rings (SSSR count). The van der Waals surface area contributed by atoms with Gasteiger partial charge in [0.05, 0.1) is 28.4 Å². The molecule has 0 N–H and O–H groups in total. The van der Waals surface area contributed by atoms with E-state index in [9.17, 15) is 22.8 Å². The summed E-state index contributed by atoms with van der Waals surface area (Å²) in [6.45, 7) is 1.33. The van der Waals surface area contributed by atoms with Crippen LogP contribution in [0.3, 0.4) is 0 Å². The lowest BCUT2D eigenvalue weighted by Gasteiger charge is -2.26. The fourth-order valence-corrected chi connectivity index (χ4v) is 5.81. The van der Waals surface area contributed by atoms with Gasteiger partial charge in [-0.15, -0.1) is 0 Å². The summed E-state index contributed by atoms with van der Waals surface area (Å²) in [6.07, 6.45) is -3.39. The van der Waals surface area contributed by atoms with Crippen LogP contribution in [0.4, 0.5) is 18.9 Å². The maximum atomic E-state index is 14.2. The highest BCUT2D eigenvalue weighted by Gasteiger charge is 2.45. The van der Waals surface area contributed by atoms with Crippen molar-refractivity contribution in [3.05, 3.63) is 94.0 Å². The average Bonchev–Trinajstić information content (AvgIpc) is 3.13. The van der Waals surface area contributed by atoms with E-state index in [1.807, 2.05) is 25.1 Å². The predicted molar refractivity (Wildman–Crippen MR) is 141 cm³/mol. The summed E-state index contributed by atoms with van der Waals surface area (Å²) < 4.78 is 49.5. The molecule has 0 fully saturated rings. The molecule has 194 valence electrons. The third-order valence-corrected chi connectivity index (χ3v) is 7.40. The molecule has 0 amide bonds. The van der Waals surface area contributed by atoms with Crippen molar-refractivity contribution in [1.82, 2.24) is 4.57 Å². The molecule has 0 bridgehead atoms. The van der Waals surface area contributed by atoms with Gasteiger partial charge in [0, 0.05) is 23.6 Å². The minimum Gasteiger partial charge on any atom is -0.463 e. The van der Waals surface area contributed by atoms with Gasteiger partial charge in [-0.25, -0.2) is 9.79 Å². The van der Waals surface area contributed by atoms with E-state index in [-0.39, 0.29) is 21.5 Å². The molecular weight excluding hydrogens is 595 g/mol. The van der Waals surface area contributed by atoms with Crippen molar-refractivity contribution >= 4 is 56.6 Å². The molecule has 0 saturated heterocycles. The summed E-state index contributed by atoms with van der Waals surface area (Å²) in [5.41, 5.74) is -0.901. The summed E-state index contributed by atoms with van der Waals surface area (Å²) >= 11 is 10.3. The number of carbonyl (C=O) groups excluding carboxylic acids is 1. The van der Waals surface area contributed by atoms with Crippen LogP contribution < -0.4 is 19.8 Å². The highest BCUT2D eigenvalue weighted by Crippen LogP contribution is 2.38. The van der Waals surface area contributed by atoms with Gasteiger partial charge in [-0.3, -0.25) is 9.36 Å². The van der Waals surface area contributed by atoms with Crippen LogP contribution in [0.1, 0.15) is 24.1 Å².